The predicted octanol–water partition coefficient (Wildman–Crippen LogP) is 1.98. The Morgan fingerprint density at radius 1 is 1.53 bits per heavy atom. The van der Waals surface area contributed by atoms with Gasteiger partial charge >= 0.3 is 12.3 Å². The van der Waals surface area contributed by atoms with E-state index in [2.05, 4.69) is 4.74 Å². The average Bonchev–Trinajstić information content (AvgIpc) is 2.18. The lowest BCUT2D eigenvalue weighted by Gasteiger charge is -2.10. The zero-order valence-corrected chi connectivity index (χ0v) is 8.65. The summed E-state index contributed by atoms with van der Waals surface area (Å²) in [5.41, 5.74) is 3.75. The van der Waals surface area contributed by atoms with Crippen LogP contribution in [0.15, 0.2) is 12.1 Å². The van der Waals surface area contributed by atoms with Gasteiger partial charge in [-0.2, -0.15) is 8.78 Å². The van der Waals surface area contributed by atoms with Gasteiger partial charge in [-0.3, -0.25) is 14.9 Å². The molecule has 2 N–H and O–H groups in total. The van der Waals surface area contributed by atoms with Gasteiger partial charge in [-0.05, 0) is 19.1 Å². The Hall–Kier alpha value is -2.25. The van der Waals surface area contributed by atoms with E-state index in [0.29, 0.717) is 0 Å². The highest BCUT2D eigenvalue weighted by atomic mass is 19.3. The monoisotopic (exact) mass is 246 g/mol. The Kier molecular flexibility index (Phi) is 3.56. The van der Waals surface area contributed by atoms with Gasteiger partial charge in [0.2, 0.25) is 0 Å². The van der Waals surface area contributed by atoms with E-state index < -0.39 is 34.3 Å². The van der Waals surface area contributed by atoms with Gasteiger partial charge in [-0.15, -0.1) is 0 Å². The molecule has 0 atom stereocenters. The van der Waals surface area contributed by atoms with E-state index in [0.717, 1.165) is 19.1 Å². The maximum absolute atomic E-state index is 12.1. The fraction of sp³-hybridized carbons (Fsp3) is 0.222. The first kappa shape index (κ1) is 12.8. The lowest BCUT2D eigenvalue weighted by molar-refractivity contribution is -0.384. The summed E-state index contributed by atoms with van der Waals surface area (Å²) in [6.45, 7) is -2.18. The molecule has 0 saturated heterocycles. The van der Waals surface area contributed by atoms with Crippen LogP contribution < -0.4 is 10.5 Å². The molecule has 0 aliphatic rings. The molecule has 0 aromatic heterocycles. The van der Waals surface area contributed by atoms with Gasteiger partial charge in [0, 0.05) is 0 Å². The van der Waals surface area contributed by atoms with Crippen molar-refractivity contribution < 1.29 is 23.2 Å². The lowest BCUT2D eigenvalue weighted by Crippen LogP contribution is -2.10. The largest absolute Gasteiger partial charge is 0.434 e. The van der Waals surface area contributed by atoms with E-state index in [1.54, 1.807) is 0 Å². The first-order valence-electron chi connectivity index (χ1n) is 4.37. The molecule has 0 heterocycles. The molecule has 8 heteroatoms. The Morgan fingerprint density at radius 3 is 2.53 bits per heavy atom. The summed E-state index contributed by atoms with van der Waals surface area (Å²) in [6, 6.07) is 2.02. The molecular formula is C9H8F2N2O4. The van der Waals surface area contributed by atoms with Gasteiger partial charge in [0.15, 0.2) is 5.78 Å². The number of hydrogen-bond acceptors (Lipinski definition) is 5. The zero-order valence-electron chi connectivity index (χ0n) is 8.65. The Bertz CT molecular complexity index is 476. The summed E-state index contributed by atoms with van der Waals surface area (Å²) >= 11 is 0. The molecule has 0 bridgehead atoms. The standard InChI is InChI=1S/C9H8F2N2O4/c1-4(14)7-6(17-9(10)11)3-2-5(12)8(7)13(15)16/h2-3,9H,12H2,1H3. The van der Waals surface area contributed by atoms with Gasteiger partial charge in [0.25, 0.3) is 0 Å². The summed E-state index contributed by atoms with van der Waals surface area (Å²) < 4.78 is 28.2. The average molecular weight is 246 g/mol. The summed E-state index contributed by atoms with van der Waals surface area (Å²) in [7, 11) is 0. The number of nitrogens with two attached hydrogens (primary N) is 1. The fourth-order valence-electron chi connectivity index (χ4n) is 1.32. The van der Waals surface area contributed by atoms with E-state index in [4.69, 9.17) is 5.73 Å². The lowest BCUT2D eigenvalue weighted by atomic mass is 10.1. The van der Waals surface area contributed by atoms with Crippen LogP contribution in [0, 0.1) is 10.1 Å². The van der Waals surface area contributed by atoms with Crippen LogP contribution in [0.4, 0.5) is 20.2 Å². The first-order chi connectivity index (χ1) is 7.84. The predicted molar refractivity (Wildman–Crippen MR) is 54.1 cm³/mol. The third kappa shape index (κ3) is 2.65. The number of hydrogen-bond donors (Lipinski definition) is 1. The van der Waals surface area contributed by atoms with Crippen LogP contribution in [-0.2, 0) is 0 Å². The minimum absolute atomic E-state index is 0.290. The van der Waals surface area contributed by atoms with Crippen LogP contribution >= 0.6 is 0 Å². The van der Waals surface area contributed by atoms with Gasteiger partial charge in [0.1, 0.15) is 17.0 Å². The highest BCUT2D eigenvalue weighted by molar-refractivity contribution is 6.02. The quantitative estimate of drug-likeness (QED) is 0.379. The second kappa shape index (κ2) is 4.73. The van der Waals surface area contributed by atoms with Crippen molar-refractivity contribution in [2.75, 3.05) is 5.73 Å². The maximum Gasteiger partial charge on any atom is 0.387 e. The Morgan fingerprint density at radius 2 is 2.12 bits per heavy atom. The number of carbonyl (C=O) groups excluding carboxylic acids is 1. The van der Waals surface area contributed by atoms with Crippen molar-refractivity contribution in [2.24, 2.45) is 0 Å². The molecule has 0 spiro atoms. The van der Waals surface area contributed by atoms with E-state index in [9.17, 15) is 23.7 Å². The number of nitro benzene ring substituents is 1. The third-order valence-electron chi connectivity index (χ3n) is 1.92. The Balaban J connectivity index is 3.47. The van der Waals surface area contributed by atoms with Gasteiger partial charge in [-0.25, -0.2) is 0 Å². The second-order valence-electron chi connectivity index (χ2n) is 3.07. The minimum Gasteiger partial charge on any atom is -0.434 e. The van der Waals surface area contributed by atoms with E-state index >= 15 is 0 Å². The van der Waals surface area contributed by atoms with Crippen LogP contribution in [0.5, 0.6) is 5.75 Å². The number of Topliss-reactive ketones (excluding diaryl/α,β-unsaturated/α-hetero) is 1. The maximum atomic E-state index is 12.1. The van der Waals surface area contributed by atoms with E-state index in [-0.39, 0.29) is 5.69 Å². The zero-order chi connectivity index (χ0) is 13.2. The molecular weight excluding hydrogens is 238 g/mol. The van der Waals surface area contributed by atoms with Crippen molar-refractivity contribution >= 4 is 17.2 Å². The number of rotatable bonds is 4. The van der Waals surface area contributed by atoms with Crippen LogP contribution in [0.2, 0.25) is 0 Å². The number of benzene rings is 1. The third-order valence-corrected chi connectivity index (χ3v) is 1.92. The molecule has 6 nitrogen and oxygen atoms in total. The molecule has 0 saturated carbocycles. The molecule has 0 aliphatic carbocycles. The number of alkyl halides is 2. The van der Waals surface area contributed by atoms with Crippen molar-refractivity contribution in [3.8, 4) is 5.75 Å². The van der Waals surface area contributed by atoms with Gasteiger partial charge in [-0.1, -0.05) is 0 Å². The second-order valence-corrected chi connectivity index (χ2v) is 3.07. The molecule has 0 unspecified atom stereocenters. The van der Waals surface area contributed by atoms with E-state index in [1.807, 2.05) is 0 Å². The van der Waals surface area contributed by atoms with Crippen molar-refractivity contribution in [1.29, 1.82) is 0 Å². The molecule has 17 heavy (non-hydrogen) atoms. The highest BCUT2D eigenvalue weighted by Crippen LogP contribution is 2.34. The number of anilines is 1. The summed E-state index contributed by atoms with van der Waals surface area (Å²) in [6.07, 6.45) is 0. The number of ether oxygens (including phenoxy) is 1. The number of carbonyl (C=O) groups is 1. The van der Waals surface area contributed by atoms with Gasteiger partial charge in [0.05, 0.1) is 4.92 Å². The van der Waals surface area contributed by atoms with Crippen LogP contribution in [-0.4, -0.2) is 17.3 Å². The van der Waals surface area contributed by atoms with Crippen molar-refractivity contribution in [3.63, 3.8) is 0 Å². The molecule has 92 valence electrons. The molecule has 0 radical (unpaired) electrons. The molecule has 0 aliphatic heterocycles. The first-order valence-corrected chi connectivity index (χ1v) is 4.37. The fourth-order valence-corrected chi connectivity index (χ4v) is 1.32. The van der Waals surface area contributed by atoms with Crippen molar-refractivity contribution in [2.45, 2.75) is 13.5 Å². The number of halogens is 2. The topological polar surface area (TPSA) is 95.5 Å². The smallest absolute Gasteiger partial charge is 0.387 e. The molecule has 0 fully saturated rings. The van der Waals surface area contributed by atoms with Crippen LogP contribution in [0.1, 0.15) is 17.3 Å². The minimum atomic E-state index is -3.18. The Labute approximate surface area is 94.1 Å². The summed E-state index contributed by atoms with van der Waals surface area (Å²) in [4.78, 5) is 21.0. The molecule has 0 amide bonds. The normalized spacial score (nSPS) is 10.4. The number of ketones is 1. The molecule has 1 aromatic carbocycles. The van der Waals surface area contributed by atoms with E-state index in [1.165, 1.54) is 0 Å². The van der Waals surface area contributed by atoms with Crippen LogP contribution in [0.3, 0.4) is 0 Å². The highest BCUT2D eigenvalue weighted by Gasteiger charge is 2.27. The number of nitrogens with zero attached hydrogens (tertiary/aromatic N) is 1. The molecule has 1 rings (SSSR count). The SMILES string of the molecule is CC(=O)c1c(OC(F)F)ccc(N)c1[N+](=O)[O-]. The van der Waals surface area contributed by atoms with Crippen LogP contribution in [0.25, 0.3) is 0 Å². The van der Waals surface area contributed by atoms with Crippen molar-refractivity contribution in [1.82, 2.24) is 0 Å². The number of nitrogen functional groups attached to an aromatic ring is 1. The summed E-state index contributed by atoms with van der Waals surface area (Å²) in [5, 5.41) is 10.7. The van der Waals surface area contributed by atoms with Gasteiger partial charge < -0.3 is 10.5 Å². The molecule has 1 aromatic rings. The summed E-state index contributed by atoms with van der Waals surface area (Å²) in [5.74, 6) is -1.34. The van der Waals surface area contributed by atoms with Crippen molar-refractivity contribution in [3.05, 3.63) is 27.8 Å². The number of nitro groups is 1.